The lowest BCUT2D eigenvalue weighted by molar-refractivity contribution is 0.0821. The Balaban J connectivity index is 1.20. The van der Waals surface area contributed by atoms with Crippen LogP contribution in [0.4, 0.5) is 14.6 Å². The number of rotatable bonds is 5. The summed E-state index contributed by atoms with van der Waals surface area (Å²) in [6.07, 6.45) is 3.78. The van der Waals surface area contributed by atoms with Gasteiger partial charge in [0.25, 0.3) is 5.91 Å². The van der Waals surface area contributed by atoms with Crippen molar-refractivity contribution in [1.82, 2.24) is 39.2 Å². The Hall–Kier alpha value is -5.37. The summed E-state index contributed by atoms with van der Waals surface area (Å²) < 4.78 is 41.1. The summed E-state index contributed by atoms with van der Waals surface area (Å²) in [6.45, 7) is 5.13. The summed E-state index contributed by atoms with van der Waals surface area (Å²) in [5, 5.41) is 22.6. The highest BCUT2D eigenvalue weighted by atomic mass is 19.1. The molecule has 4 aromatic heterocycles. The van der Waals surface area contributed by atoms with E-state index in [0.29, 0.717) is 60.8 Å². The molecule has 53 heavy (non-hydrogen) atoms. The molecule has 6 aromatic rings. The van der Waals surface area contributed by atoms with Gasteiger partial charge in [-0.3, -0.25) is 14.4 Å². The van der Waals surface area contributed by atoms with Crippen molar-refractivity contribution in [3.8, 4) is 23.0 Å². The zero-order valence-electron chi connectivity index (χ0n) is 29.8. The standard InChI is InChI=1S/C39H39F2N9O3/c1-21-30-27(41)7-6-22-14-25(51)16-26(32(22)30)35-31(21)34-33(29-8-10-42-50(29)35)36(44-38(43-34)53-20-39-9-4-12-48(39)18-23(40)17-39)47-11-5-13-49-24(19-47)15-28(45-49)37(52)46(2)3/h6-8,10,14-16,21,23,51H,4-5,9,11-13,17-20H2,1-3H3/t21?,23-,39+/m1/s1. The van der Waals surface area contributed by atoms with Crippen LogP contribution < -0.4 is 9.64 Å². The van der Waals surface area contributed by atoms with Crippen LogP contribution >= 0.6 is 0 Å². The van der Waals surface area contributed by atoms with Crippen molar-refractivity contribution in [1.29, 1.82) is 0 Å². The van der Waals surface area contributed by atoms with E-state index in [-0.39, 0.29) is 30.1 Å². The molecule has 0 radical (unpaired) electrons. The summed E-state index contributed by atoms with van der Waals surface area (Å²) in [5.41, 5.74) is 4.84. The van der Waals surface area contributed by atoms with Gasteiger partial charge in [0.2, 0.25) is 0 Å². The fraction of sp³-hybridized carbons (Fsp3) is 0.410. The van der Waals surface area contributed by atoms with Gasteiger partial charge in [-0.25, -0.2) is 13.3 Å². The molecule has 272 valence electrons. The quantitative estimate of drug-likeness (QED) is 0.241. The van der Waals surface area contributed by atoms with Gasteiger partial charge in [-0.2, -0.15) is 20.2 Å². The average Bonchev–Trinajstić information content (AvgIpc) is 3.90. The molecule has 7 heterocycles. The molecule has 2 fully saturated rings. The van der Waals surface area contributed by atoms with Crippen molar-refractivity contribution in [2.24, 2.45) is 0 Å². The predicted molar refractivity (Wildman–Crippen MR) is 195 cm³/mol. The number of halogens is 2. The molecule has 1 aliphatic carbocycles. The number of hydrogen-bond donors (Lipinski definition) is 1. The number of ether oxygens (including phenoxy) is 1. The molecule has 0 spiro atoms. The molecule has 2 saturated heterocycles. The van der Waals surface area contributed by atoms with Crippen molar-refractivity contribution in [2.75, 3.05) is 45.2 Å². The molecule has 4 aliphatic rings. The number of carbonyl (C=O) groups excluding carboxylic acids is 1. The number of nitrogens with zero attached hydrogens (tertiary/aromatic N) is 9. The number of carbonyl (C=O) groups is 1. The molecule has 2 aromatic carbocycles. The number of amides is 1. The topological polar surface area (TPSA) is 117 Å². The number of alkyl halides is 1. The first kappa shape index (κ1) is 32.3. The highest BCUT2D eigenvalue weighted by Crippen LogP contribution is 2.51. The molecule has 3 atom stereocenters. The van der Waals surface area contributed by atoms with Crippen LogP contribution in [0.1, 0.15) is 65.8 Å². The van der Waals surface area contributed by atoms with Gasteiger partial charge in [-0.15, -0.1) is 0 Å². The van der Waals surface area contributed by atoms with Crippen molar-refractivity contribution in [2.45, 2.75) is 63.3 Å². The van der Waals surface area contributed by atoms with Crippen molar-refractivity contribution >= 4 is 38.9 Å². The van der Waals surface area contributed by atoms with Crippen LogP contribution in [0, 0.1) is 5.82 Å². The van der Waals surface area contributed by atoms with Gasteiger partial charge in [0.05, 0.1) is 46.1 Å². The number of phenolic OH excluding ortho intramolecular Hbond substituents is 1. The fourth-order valence-corrected chi connectivity index (χ4v) is 9.55. The van der Waals surface area contributed by atoms with E-state index in [9.17, 15) is 14.3 Å². The summed E-state index contributed by atoms with van der Waals surface area (Å²) in [4.78, 5) is 29.1. The molecule has 1 amide bonds. The van der Waals surface area contributed by atoms with Crippen LogP contribution in [0.2, 0.25) is 0 Å². The maximum Gasteiger partial charge on any atom is 0.319 e. The number of aryl methyl sites for hydroxylation is 1. The first-order chi connectivity index (χ1) is 25.6. The Morgan fingerprint density at radius 2 is 1.94 bits per heavy atom. The number of aromatic hydroxyl groups is 1. The number of fused-ring (bicyclic) bond motifs is 9. The maximum atomic E-state index is 16.0. The maximum absolute atomic E-state index is 16.0. The second-order valence-electron chi connectivity index (χ2n) is 15.3. The zero-order chi connectivity index (χ0) is 36.3. The minimum atomic E-state index is -0.907. The van der Waals surface area contributed by atoms with E-state index in [1.807, 2.05) is 28.3 Å². The molecule has 3 aliphatic heterocycles. The molecule has 14 heteroatoms. The smallest absolute Gasteiger partial charge is 0.319 e. The summed E-state index contributed by atoms with van der Waals surface area (Å²) in [5.74, 6) is -0.272. The first-order valence-electron chi connectivity index (χ1n) is 18.3. The third-order valence-electron chi connectivity index (χ3n) is 11.9. The van der Waals surface area contributed by atoms with Crippen LogP contribution in [0.25, 0.3) is 38.4 Å². The summed E-state index contributed by atoms with van der Waals surface area (Å²) in [6, 6.07) is 10.4. The predicted octanol–water partition coefficient (Wildman–Crippen LogP) is 5.67. The van der Waals surface area contributed by atoms with Gasteiger partial charge in [0, 0.05) is 62.8 Å². The van der Waals surface area contributed by atoms with Gasteiger partial charge in [0.1, 0.15) is 30.2 Å². The first-order valence-corrected chi connectivity index (χ1v) is 18.3. The molecule has 12 nitrogen and oxygen atoms in total. The van der Waals surface area contributed by atoms with Crippen LogP contribution in [-0.2, 0) is 13.1 Å². The second-order valence-corrected chi connectivity index (χ2v) is 15.3. The fourth-order valence-electron chi connectivity index (χ4n) is 9.55. The number of aromatic nitrogens is 6. The number of pyridine rings is 1. The van der Waals surface area contributed by atoms with E-state index in [1.165, 1.54) is 11.0 Å². The summed E-state index contributed by atoms with van der Waals surface area (Å²) >= 11 is 0. The minimum absolute atomic E-state index is 0.0646. The Morgan fingerprint density at radius 1 is 1.08 bits per heavy atom. The van der Waals surface area contributed by atoms with E-state index < -0.39 is 17.6 Å². The van der Waals surface area contributed by atoms with E-state index in [0.717, 1.165) is 64.4 Å². The minimum Gasteiger partial charge on any atom is -0.508 e. The normalized spacial score (nSPS) is 22.3. The Bertz CT molecular complexity index is 2510. The third kappa shape index (κ3) is 4.76. The van der Waals surface area contributed by atoms with Crippen molar-refractivity contribution in [3.63, 3.8) is 0 Å². The van der Waals surface area contributed by atoms with Crippen molar-refractivity contribution in [3.05, 3.63) is 70.9 Å². The van der Waals surface area contributed by atoms with Gasteiger partial charge < -0.3 is 19.6 Å². The van der Waals surface area contributed by atoms with Gasteiger partial charge in [-0.05, 0) is 66.9 Å². The Kier molecular flexibility index (Phi) is 7.05. The highest BCUT2D eigenvalue weighted by Gasteiger charge is 2.49. The van der Waals surface area contributed by atoms with Crippen molar-refractivity contribution < 1.29 is 23.4 Å². The largest absolute Gasteiger partial charge is 0.508 e. The third-order valence-corrected chi connectivity index (χ3v) is 11.9. The number of benzene rings is 2. The monoisotopic (exact) mass is 719 g/mol. The average molecular weight is 720 g/mol. The van der Waals surface area contributed by atoms with E-state index >= 15 is 4.39 Å². The molecule has 0 bridgehead atoms. The van der Waals surface area contributed by atoms with Gasteiger partial charge >= 0.3 is 6.01 Å². The van der Waals surface area contributed by atoms with Crippen LogP contribution in [0.3, 0.4) is 0 Å². The number of hydrogen-bond acceptors (Lipinski definition) is 9. The Labute approximate surface area is 303 Å². The number of anilines is 1. The van der Waals surface area contributed by atoms with Crippen LogP contribution in [0.5, 0.6) is 11.8 Å². The van der Waals surface area contributed by atoms with E-state index in [4.69, 9.17) is 19.8 Å². The van der Waals surface area contributed by atoms with Gasteiger partial charge in [-0.1, -0.05) is 13.0 Å². The lowest BCUT2D eigenvalue weighted by Crippen LogP contribution is -2.43. The number of phenols is 1. The molecular weight excluding hydrogens is 680 g/mol. The van der Waals surface area contributed by atoms with E-state index in [1.54, 1.807) is 38.5 Å². The SMILES string of the molecule is CC1c2c(n3nccc3c3c(N4CCCn5nc(C(=O)N(C)C)cc5C4)nc(OC[C@@]45CCCN4C[C@H](F)C5)nc23)-c2cc(O)cc3ccc(F)c1c23. The molecule has 10 rings (SSSR count). The lowest BCUT2D eigenvalue weighted by atomic mass is 9.78. The zero-order valence-corrected chi connectivity index (χ0v) is 29.8. The molecular formula is C39H39F2N9O3. The molecule has 1 N–H and O–H groups in total. The lowest BCUT2D eigenvalue weighted by Gasteiger charge is -2.32. The molecule has 1 unspecified atom stereocenters. The van der Waals surface area contributed by atoms with Gasteiger partial charge in [0.15, 0.2) is 5.69 Å². The Morgan fingerprint density at radius 3 is 2.79 bits per heavy atom. The van der Waals surface area contributed by atoms with E-state index in [2.05, 4.69) is 14.9 Å². The second kappa shape index (κ2) is 11.6. The summed E-state index contributed by atoms with van der Waals surface area (Å²) in [7, 11) is 3.42. The van der Waals surface area contributed by atoms with Crippen LogP contribution in [-0.4, -0.2) is 102 Å². The van der Waals surface area contributed by atoms with Crippen LogP contribution in [0.15, 0.2) is 42.6 Å². The molecule has 0 saturated carbocycles. The highest BCUT2D eigenvalue weighted by molar-refractivity contribution is 6.11.